The van der Waals surface area contributed by atoms with Crippen LogP contribution in [0.25, 0.3) is 0 Å². The normalized spacial score (nSPS) is 12.2. The first kappa shape index (κ1) is 20.1. The predicted molar refractivity (Wildman–Crippen MR) is 91.3 cm³/mol. The lowest BCUT2D eigenvalue weighted by atomic mass is 10.0. The second-order valence-corrected chi connectivity index (χ2v) is 6.13. The van der Waals surface area contributed by atoms with Crippen molar-refractivity contribution in [3.63, 3.8) is 0 Å². The molecule has 0 aliphatic carbocycles. The topological polar surface area (TPSA) is 43.1 Å². The van der Waals surface area contributed by atoms with Crippen LogP contribution in [-0.2, 0) is 0 Å². The lowest BCUT2D eigenvalue weighted by Gasteiger charge is -2.09. The van der Waals surface area contributed by atoms with Gasteiger partial charge in [0.1, 0.15) is 0 Å². The van der Waals surface area contributed by atoms with Crippen LogP contribution in [0.4, 0.5) is 0 Å². The highest BCUT2D eigenvalue weighted by atomic mass is 16.6. The minimum Gasteiger partial charge on any atom is -0.264 e. The van der Waals surface area contributed by atoms with Crippen LogP contribution >= 0.6 is 0 Å². The highest BCUT2D eigenvalue weighted by molar-refractivity contribution is 4.65. The first-order valence-corrected chi connectivity index (χ1v) is 8.96. The number of hydrogen-bond acceptors (Lipinski definition) is 2. The van der Waals surface area contributed by atoms with E-state index in [-0.39, 0.29) is 11.0 Å². The van der Waals surface area contributed by atoms with Gasteiger partial charge in [0.15, 0.2) is 0 Å². The summed E-state index contributed by atoms with van der Waals surface area (Å²) in [7, 11) is 0. The van der Waals surface area contributed by atoms with Crippen molar-refractivity contribution < 1.29 is 4.92 Å². The van der Waals surface area contributed by atoms with E-state index in [2.05, 4.69) is 13.5 Å². The highest BCUT2D eigenvalue weighted by Crippen LogP contribution is 2.16. The summed E-state index contributed by atoms with van der Waals surface area (Å²) in [6.07, 6.45) is 17.6. The molecule has 0 rings (SSSR count). The molecule has 0 saturated heterocycles. The van der Waals surface area contributed by atoms with Gasteiger partial charge < -0.3 is 0 Å². The van der Waals surface area contributed by atoms with Crippen LogP contribution in [0.5, 0.6) is 0 Å². The summed E-state index contributed by atoms with van der Waals surface area (Å²) in [4.78, 5) is 11.0. The standard InChI is InChI=1S/C18H35NO2/c1-3-5-7-9-11-13-15-17-18(19(20)21)16-14-12-10-8-6-4-2/h3,18H,1,4-17H2,2H3. The molecule has 0 heterocycles. The molecule has 0 radical (unpaired) electrons. The molecule has 0 saturated carbocycles. The Labute approximate surface area is 131 Å². The molecule has 0 fully saturated rings. The van der Waals surface area contributed by atoms with Gasteiger partial charge in [-0.2, -0.15) is 0 Å². The molecule has 0 amide bonds. The number of nitrogens with zero attached hydrogens (tertiary/aromatic N) is 1. The Hall–Kier alpha value is -0.860. The summed E-state index contributed by atoms with van der Waals surface area (Å²) < 4.78 is 0. The fraction of sp³-hybridized carbons (Fsp3) is 0.889. The lowest BCUT2D eigenvalue weighted by Crippen LogP contribution is -2.19. The number of allylic oxidation sites excluding steroid dienone is 1. The largest absolute Gasteiger partial charge is 0.264 e. The smallest absolute Gasteiger partial charge is 0.213 e. The molecule has 0 aromatic carbocycles. The Morgan fingerprint density at radius 3 is 1.86 bits per heavy atom. The quantitative estimate of drug-likeness (QED) is 0.145. The first-order valence-electron chi connectivity index (χ1n) is 8.96. The molecule has 3 heteroatoms. The van der Waals surface area contributed by atoms with E-state index in [0.29, 0.717) is 0 Å². The first-order chi connectivity index (χ1) is 10.2. The molecule has 0 spiro atoms. The Balaban J connectivity index is 3.54. The van der Waals surface area contributed by atoms with Crippen LogP contribution in [0.2, 0.25) is 0 Å². The Bertz CT molecular complexity index is 254. The molecule has 0 aliphatic heterocycles. The fourth-order valence-electron chi connectivity index (χ4n) is 2.71. The summed E-state index contributed by atoms with van der Waals surface area (Å²) in [5.41, 5.74) is 0. The van der Waals surface area contributed by atoms with Crippen molar-refractivity contribution in [3.05, 3.63) is 22.8 Å². The third-order valence-electron chi connectivity index (χ3n) is 4.13. The van der Waals surface area contributed by atoms with E-state index in [1.165, 1.54) is 44.9 Å². The van der Waals surface area contributed by atoms with Crippen molar-refractivity contribution >= 4 is 0 Å². The van der Waals surface area contributed by atoms with Crippen molar-refractivity contribution in [2.75, 3.05) is 0 Å². The number of hydrogen-bond donors (Lipinski definition) is 0. The molecule has 0 aliphatic rings. The maximum absolute atomic E-state index is 11.1. The van der Waals surface area contributed by atoms with Gasteiger partial charge in [0.05, 0.1) is 0 Å². The number of rotatable bonds is 16. The zero-order valence-electron chi connectivity index (χ0n) is 14.0. The van der Waals surface area contributed by atoms with Gasteiger partial charge in [0.25, 0.3) is 0 Å². The summed E-state index contributed by atoms with van der Waals surface area (Å²) in [5, 5.41) is 11.1. The summed E-state index contributed by atoms with van der Waals surface area (Å²) in [5.74, 6) is 0. The van der Waals surface area contributed by atoms with E-state index < -0.39 is 0 Å². The molecule has 1 unspecified atom stereocenters. The van der Waals surface area contributed by atoms with Crippen LogP contribution < -0.4 is 0 Å². The average Bonchev–Trinajstić information content (AvgIpc) is 2.47. The van der Waals surface area contributed by atoms with E-state index in [9.17, 15) is 10.1 Å². The number of unbranched alkanes of at least 4 members (excludes halogenated alkanes) is 10. The summed E-state index contributed by atoms with van der Waals surface area (Å²) in [6, 6.07) is -0.302. The van der Waals surface area contributed by atoms with Crippen molar-refractivity contribution in [3.8, 4) is 0 Å². The maximum atomic E-state index is 11.1. The zero-order chi connectivity index (χ0) is 15.8. The van der Waals surface area contributed by atoms with Gasteiger partial charge in [-0.15, -0.1) is 6.58 Å². The van der Waals surface area contributed by atoms with E-state index in [1.54, 1.807) is 0 Å². The minimum absolute atomic E-state index is 0.0518. The second-order valence-electron chi connectivity index (χ2n) is 6.13. The summed E-state index contributed by atoms with van der Waals surface area (Å²) >= 11 is 0. The Kier molecular flexibility index (Phi) is 14.9. The monoisotopic (exact) mass is 297 g/mol. The van der Waals surface area contributed by atoms with Crippen LogP contribution in [0.15, 0.2) is 12.7 Å². The molecule has 0 bridgehead atoms. The third-order valence-corrected chi connectivity index (χ3v) is 4.13. The fourth-order valence-corrected chi connectivity index (χ4v) is 2.71. The van der Waals surface area contributed by atoms with E-state index in [4.69, 9.17) is 0 Å². The van der Waals surface area contributed by atoms with Crippen molar-refractivity contribution in [2.24, 2.45) is 0 Å². The Morgan fingerprint density at radius 2 is 1.38 bits per heavy atom. The second kappa shape index (κ2) is 15.5. The van der Waals surface area contributed by atoms with E-state index >= 15 is 0 Å². The predicted octanol–water partition coefficient (Wildman–Crippen LogP) is 6.30. The molecule has 0 N–H and O–H groups in total. The molecule has 21 heavy (non-hydrogen) atoms. The minimum atomic E-state index is -0.302. The SMILES string of the molecule is C=CCCCCCCCC(CCCCCCCC)[N+](=O)[O-]. The zero-order valence-corrected chi connectivity index (χ0v) is 14.0. The van der Waals surface area contributed by atoms with Crippen molar-refractivity contribution in [1.29, 1.82) is 0 Å². The third kappa shape index (κ3) is 13.9. The molecular weight excluding hydrogens is 262 g/mol. The maximum Gasteiger partial charge on any atom is 0.213 e. The number of nitro groups is 1. The summed E-state index contributed by atoms with van der Waals surface area (Å²) in [6.45, 7) is 5.92. The molecule has 3 nitrogen and oxygen atoms in total. The van der Waals surface area contributed by atoms with Crippen molar-refractivity contribution in [2.45, 2.75) is 103 Å². The van der Waals surface area contributed by atoms with Crippen LogP contribution in [-0.4, -0.2) is 11.0 Å². The van der Waals surface area contributed by atoms with Gasteiger partial charge in [-0.05, 0) is 25.7 Å². The van der Waals surface area contributed by atoms with Crippen molar-refractivity contribution in [1.82, 2.24) is 0 Å². The van der Waals surface area contributed by atoms with Gasteiger partial charge in [-0.1, -0.05) is 64.4 Å². The highest BCUT2D eigenvalue weighted by Gasteiger charge is 2.18. The molecule has 124 valence electrons. The molecule has 0 aromatic heterocycles. The van der Waals surface area contributed by atoms with Gasteiger partial charge in [0.2, 0.25) is 6.04 Å². The van der Waals surface area contributed by atoms with Gasteiger partial charge in [0, 0.05) is 17.8 Å². The van der Waals surface area contributed by atoms with Crippen LogP contribution in [0.3, 0.4) is 0 Å². The van der Waals surface area contributed by atoms with Gasteiger partial charge in [-0.25, -0.2) is 0 Å². The van der Waals surface area contributed by atoms with Gasteiger partial charge >= 0.3 is 0 Å². The lowest BCUT2D eigenvalue weighted by molar-refractivity contribution is -0.524. The van der Waals surface area contributed by atoms with E-state index in [0.717, 1.165) is 44.9 Å². The van der Waals surface area contributed by atoms with Crippen LogP contribution in [0.1, 0.15) is 96.8 Å². The molecular formula is C18H35NO2. The van der Waals surface area contributed by atoms with E-state index in [1.807, 2.05) is 6.08 Å². The Morgan fingerprint density at radius 1 is 0.905 bits per heavy atom. The average molecular weight is 297 g/mol. The molecule has 1 atom stereocenters. The van der Waals surface area contributed by atoms with Crippen LogP contribution in [0, 0.1) is 10.1 Å². The van der Waals surface area contributed by atoms with Gasteiger partial charge in [-0.3, -0.25) is 10.1 Å². The molecule has 0 aromatic rings.